The van der Waals surface area contributed by atoms with Crippen molar-refractivity contribution in [2.75, 3.05) is 0 Å². The van der Waals surface area contributed by atoms with Crippen LogP contribution in [0.25, 0.3) is 0 Å². The second-order valence-electron chi connectivity index (χ2n) is 2.92. The second-order valence-corrected chi connectivity index (χ2v) is 2.92. The molecule has 1 aromatic rings. The Hall–Kier alpha value is -0.860. The third-order valence-electron chi connectivity index (χ3n) is 2.17. The van der Waals surface area contributed by atoms with Crippen molar-refractivity contribution < 1.29 is 10.2 Å². The molecule has 0 spiro atoms. The summed E-state index contributed by atoms with van der Waals surface area (Å²) >= 11 is 0. The SMILES string of the molecule is OC1c2ccccc2C[C@@H]1O. The predicted octanol–water partition coefficient (Wildman–Crippen LogP) is 0.637. The average molecular weight is 150 g/mol. The van der Waals surface area contributed by atoms with Crippen molar-refractivity contribution >= 4 is 0 Å². The van der Waals surface area contributed by atoms with Gasteiger partial charge in [-0.2, -0.15) is 0 Å². The van der Waals surface area contributed by atoms with E-state index in [1.807, 2.05) is 24.3 Å². The van der Waals surface area contributed by atoms with E-state index in [0.29, 0.717) is 6.42 Å². The van der Waals surface area contributed by atoms with Gasteiger partial charge >= 0.3 is 0 Å². The Bertz CT molecular complexity index is 270. The van der Waals surface area contributed by atoms with Gasteiger partial charge in [0.15, 0.2) is 0 Å². The molecule has 0 amide bonds. The van der Waals surface area contributed by atoms with Gasteiger partial charge in [0.05, 0.1) is 6.10 Å². The van der Waals surface area contributed by atoms with Crippen LogP contribution in [0, 0.1) is 0 Å². The Morgan fingerprint density at radius 1 is 1.18 bits per heavy atom. The molecule has 0 heterocycles. The van der Waals surface area contributed by atoms with Crippen molar-refractivity contribution in [1.82, 2.24) is 0 Å². The number of aliphatic hydroxyl groups is 2. The average Bonchev–Trinajstić information content (AvgIpc) is 2.30. The van der Waals surface area contributed by atoms with Crippen molar-refractivity contribution in [3.05, 3.63) is 35.4 Å². The fraction of sp³-hybridized carbons (Fsp3) is 0.333. The number of rotatable bonds is 0. The zero-order valence-electron chi connectivity index (χ0n) is 6.07. The first-order valence-corrected chi connectivity index (χ1v) is 3.73. The Kier molecular flexibility index (Phi) is 1.44. The van der Waals surface area contributed by atoms with Crippen LogP contribution in [0.4, 0.5) is 0 Å². The second kappa shape index (κ2) is 2.32. The lowest BCUT2D eigenvalue weighted by molar-refractivity contribution is 0.0326. The van der Waals surface area contributed by atoms with E-state index in [2.05, 4.69) is 0 Å². The highest BCUT2D eigenvalue weighted by atomic mass is 16.3. The van der Waals surface area contributed by atoms with Crippen LogP contribution >= 0.6 is 0 Å². The van der Waals surface area contributed by atoms with Crippen LogP contribution in [-0.2, 0) is 6.42 Å². The molecule has 2 N–H and O–H groups in total. The van der Waals surface area contributed by atoms with Gasteiger partial charge < -0.3 is 10.2 Å². The maximum absolute atomic E-state index is 9.40. The van der Waals surface area contributed by atoms with E-state index in [4.69, 9.17) is 0 Å². The molecule has 0 saturated heterocycles. The van der Waals surface area contributed by atoms with Gasteiger partial charge in [0.25, 0.3) is 0 Å². The molecule has 1 aliphatic rings. The van der Waals surface area contributed by atoms with Crippen LogP contribution in [0.15, 0.2) is 24.3 Å². The zero-order valence-corrected chi connectivity index (χ0v) is 6.07. The number of hydrogen-bond acceptors (Lipinski definition) is 2. The topological polar surface area (TPSA) is 40.5 Å². The van der Waals surface area contributed by atoms with Crippen LogP contribution in [0.1, 0.15) is 17.2 Å². The first kappa shape index (κ1) is 6.83. The molecule has 0 bridgehead atoms. The Morgan fingerprint density at radius 3 is 2.64 bits per heavy atom. The molecule has 0 saturated carbocycles. The molecule has 0 fully saturated rings. The van der Waals surface area contributed by atoms with E-state index < -0.39 is 12.2 Å². The van der Waals surface area contributed by atoms with Gasteiger partial charge in [0.2, 0.25) is 0 Å². The molecule has 2 nitrogen and oxygen atoms in total. The smallest absolute Gasteiger partial charge is 0.105 e. The Balaban J connectivity index is 2.47. The largest absolute Gasteiger partial charge is 0.390 e. The van der Waals surface area contributed by atoms with E-state index in [1.165, 1.54) is 0 Å². The van der Waals surface area contributed by atoms with Crippen molar-refractivity contribution in [3.8, 4) is 0 Å². The monoisotopic (exact) mass is 150 g/mol. The first-order chi connectivity index (χ1) is 5.29. The normalized spacial score (nSPS) is 28.5. The van der Waals surface area contributed by atoms with Crippen LogP contribution in [0.5, 0.6) is 0 Å². The highest BCUT2D eigenvalue weighted by Gasteiger charge is 2.28. The molecule has 0 aliphatic heterocycles. The minimum Gasteiger partial charge on any atom is -0.390 e. The Morgan fingerprint density at radius 2 is 1.91 bits per heavy atom. The maximum atomic E-state index is 9.40. The van der Waals surface area contributed by atoms with Gasteiger partial charge in [0.1, 0.15) is 6.10 Å². The van der Waals surface area contributed by atoms with Crippen LogP contribution in [-0.4, -0.2) is 16.3 Å². The molecule has 58 valence electrons. The quantitative estimate of drug-likeness (QED) is 0.569. The van der Waals surface area contributed by atoms with Crippen LogP contribution < -0.4 is 0 Å². The summed E-state index contributed by atoms with van der Waals surface area (Å²) in [4.78, 5) is 0. The van der Waals surface area contributed by atoms with Crippen molar-refractivity contribution in [3.63, 3.8) is 0 Å². The molecule has 1 unspecified atom stereocenters. The van der Waals surface area contributed by atoms with E-state index in [-0.39, 0.29) is 0 Å². The maximum Gasteiger partial charge on any atom is 0.105 e. The lowest BCUT2D eigenvalue weighted by atomic mass is 10.1. The van der Waals surface area contributed by atoms with Gasteiger partial charge in [-0.1, -0.05) is 24.3 Å². The minimum absolute atomic E-state index is 0.581. The molecule has 0 aromatic heterocycles. The van der Waals surface area contributed by atoms with Gasteiger partial charge in [-0.05, 0) is 11.1 Å². The molecular weight excluding hydrogens is 140 g/mol. The fourth-order valence-electron chi connectivity index (χ4n) is 1.55. The molecule has 1 aromatic carbocycles. The van der Waals surface area contributed by atoms with E-state index in [9.17, 15) is 10.2 Å². The summed E-state index contributed by atoms with van der Waals surface area (Å²) in [6.07, 6.45) is -0.698. The summed E-state index contributed by atoms with van der Waals surface area (Å²) in [5, 5.41) is 18.7. The summed E-state index contributed by atoms with van der Waals surface area (Å²) in [7, 11) is 0. The summed E-state index contributed by atoms with van der Waals surface area (Å²) < 4.78 is 0. The first-order valence-electron chi connectivity index (χ1n) is 3.73. The molecule has 2 rings (SSSR count). The number of fused-ring (bicyclic) bond motifs is 1. The lowest BCUT2D eigenvalue weighted by Crippen LogP contribution is -2.11. The Labute approximate surface area is 65.1 Å². The molecule has 0 radical (unpaired) electrons. The molecular formula is C9H10O2. The van der Waals surface area contributed by atoms with Gasteiger partial charge in [-0.15, -0.1) is 0 Å². The number of aliphatic hydroxyl groups excluding tert-OH is 2. The summed E-state index contributed by atoms with van der Waals surface area (Å²) in [6, 6.07) is 7.59. The van der Waals surface area contributed by atoms with E-state index >= 15 is 0 Å². The zero-order chi connectivity index (χ0) is 7.84. The lowest BCUT2D eigenvalue weighted by Gasteiger charge is -2.06. The predicted molar refractivity (Wildman–Crippen MR) is 41.1 cm³/mol. The highest BCUT2D eigenvalue weighted by molar-refractivity contribution is 5.34. The third-order valence-corrected chi connectivity index (χ3v) is 2.17. The molecule has 2 heteroatoms. The van der Waals surface area contributed by atoms with E-state index in [1.54, 1.807) is 0 Å². The van der Waals surface area contributed by atoms with Crippen molar-refractivity contribution in [2.45, 2.75) is 18.6 Å². The fourth-order valence-corrected chi connectivity index (χ4v) is 1.55. The van der Waals surface area contributed by atoms with Crippen molar-refractivity contribution in [2.24, 2.45) is 0 Å². The molecule has 2 atom stereocenters. The molecule has 11 heavy (non-hydrogen) atoms. The number of benzene rings is 1. The van der Waals surface area contributed by atoms with E-state index in [0.717, 1.165) is 11.1 Å². The minimum atomic E-state index is -0.675. The highest BCUT2D eigenvalue weighted by Crippen LogP contribution is 2.30. The van der Waals surface area contributed by atoms with Crippen LogP contribution in [0.3, 0.4) is 0 Å². The van der Waals surface area contributed by atoms with Crippen LogP contribution in [0.2, 0.25) is 0 Å². The summed E-state index contributed by atoms with van der Waals surface area (Å²) in [5.74, 6) is 0. The third kappa shape index (κ3) is 0.951. The number of hydrogen-bond donors (Lipinski definition) is 2. The van der Waals surface area contributed by atoms with Gasteiger partial charge in [-0.25, -0.2) is 0 Å². The van der Waals surface area contributed by atoms with Gasteiger partial charge in [-0.3, -0.25) is 0 Å². The standard InChI is InChI=1S/C9H10O2/c10-8-5-6-3-1-2-4-7(6)9(8)11/h1-4,8-11H,5H2/t8-,9?/m0/s1. The summed E-state index contributed by atoms with van der Waals surface area (Å²) in [5.41, 5.74) is 1.94. The molecule has 1 aliphatic carbocycles. The van der Waals surface area contributed by atoms with Crippen molar-refractivity contribution in [1.29, 1.82) is 0 Å². The summed E-state index contributed by atoms with van der Waals surface area (Å²) in [6.45, 7) is 0. The van der Waals surface area contributed by atoms with Gasteiger partial charge in [0, 0.05) is 6.42 Å².